The molecule has 58 heavy (non-hydrogen) atoms. The van der Waals surface area contributed by atoms with Crippen molar-refractivity contribution in [1.29, 1.82) is 0 Å². The van der Waals surface area contributed by atoms with Crippen molar-refractivity contribution in [3.8, 4) is 0 Å². The fraction of sp³-hybridized carbons (Fsp3) is 0.558. The zero-order valence-corrected chi connectivity index (χ0v) is 36.6. The third-order valence-electron chi connectivity index (χ3n) is 9.13. The van der Waals surface area contributed by atoms with Crippen LogP contribution in [0.25, 0.3) is 0 Å². The number of aliphatic carboxylic acids is 1. The topological polar surface area (TPSA) is 92.7 Å². The Labute approximate surface area is 354 Å². The quantitative estimate of drug-likeness (QED) is 0.0367. The summed E-state index contributed by atoms with van der Waals surface area (Å²) in [6.07, 6.45) is 67.5. The summed E-state index contributed by atoms with van der Waals surface area (Å²) in [5.41, 5.74) is 0. The molecule has 0 aliphatic rings. The van der Waals surface area contributed by atoms with Gasteiger partial charge < -0.3 is 15.2 Å². The molecule has 6 nitrogen and oxygen atoms in total. The Balaban J connectivity index is 4.37. The molecule has 0 fully saturated rings. The second-order valence-electron chi connectivity index (χ2n) is 14.5. The predicted octanol–water partition coefficient (Wildman–Crippen LogP) is 14.5. The first-order valence-corrected chi connectivity index (χ1v) is 22.7. The van der Waals surface area contributed by atoms with Crippen LogP contribution in [0.3, 0.4) is 0 Å². The number of hydrogen-bond acceptors (Lipinski definition) is 4. The van der Waals surface area contributed by atoms with Crippen LogP contribution in [-0.4, -0.2) is 35.6 Å². The van der Waals surface area contributed by atoms with Gasteiger partial charge in [0.25, 0.3) is 0 Å². The Bertz CT molecular complexity index is 1290. The molecule has 0 radical (unpaired) electrons. The Morgan fingerprint density at radius 3 is 1.22 bits per heavy atom. The van der Waals surface area contributed by atoms with E-state index in [4.69, 9.17) is 9.84 Å². The van der Waals surface area contributed by atoms with Crippen molar-refractivity contribution in [2.45, 2.75) is 180 Å². The highest BCUT2D eigenvalue weighted by Crippen LogP contribution is 2.17. The van der Waals surface area contributed by atoms with Gasteiger partial charge >= 0.3 is 11.9 Å². The molecule has 0 rings (SSSR count). The Kier molecular flexibility index (Phi) is 42.2. The highest BCUT2D eigenvalue weighted by atomic mass is 16.5. The summed E-state index contributed by atoms with van der Waals surface area (Å²) in [5.74, 6) is -1.32. The van der Waals surface area contributed by atoms with E-state index >= 15 is 0 Å². The third kappa shape index (κ3) is 44.5. The standard InChI is InChI=1S/C52H81NO5/c1-3-5-7-9-11-13-15-17-19-20-21-22-23-24-26-28-30-32-34-39-43-47-52(57)58-49(45-41-37-35-38-42-46-50(54)53-48-51(55)56)44-40-36-33-31-29-27-25-18-16-14-12-10-8-6-4-2/h5-8,11-14,17-19,21-22,24-26,29-32,49H,3-4,9-10,15-16,20,23,27-28,33-48H2,1-2H3,(H,53,54)(H,55,56)/b7-5-,8-6-,13-11-,14-12-,19-17-,22-21-,25-18-,26-24-,31-29-,32-30-. The van der Waals surface area contributed by atoms with Crippen molar-refractivity contribution in [3.63, 3.8) is 0 Å². The summed E-state index contributed by atoms with van der Waals surface area (Å²) < 4.78 is 6.00. The number of rotatable bonds is 39. The van der Waals surface area contributed by atoms with E-state index < -0.39 is 5.97 Å². The van der Waals surface area contributed by atoms with E-state index in [-0.39, 0.29) is 24.5 Å². The molecule has 6 heteroatoms. The van der Waals surface area contributed by atoms with Crippen LogP contribution in [0.15, 0.2) is 122 Å². The molecular weight excluding hydrogens is 719 g/mol. The number of allylic oxidation sites excluding steroid dienone is 20. The second kappa shape index (κ2) is 45.5. The fourth-order valence-electron chi connectivity index (χ4n) is 5.86. The van der Waals surface area contributed by atoms with Crippen LogP contribution < -0.4 is 5.32 Å². The lowest BCUT2D eigenvalue weighted by Crippen LogP contribution is -2.28. The number of hydrogen-bond donors (Lipinski definition) is 2. The number of unbranched alkanes of at least 4 members (excludes halogenated alkanes) is 8. The van der Waals surface area contributed by atoms with Gasteiger partial charge in [0.2, 0.25) is 5.91 Å². The number of esters is 1. The fourth-order valence-corrected chi connectivity index (χ4v) is 5.86. The van der Waals surface area contributed by atoms with E-state index in [1.165, 1.54) is 0 Å². The molecule has 0 spiro atoms. The average Bonchev–Trinajstić information content (AvgIpc) is 3.21. The van der Waals surface area contributed by atoms with Crippen LogP contribution in [0.2, 0.25) is 0 Å². The molecule has 1 unspecified atom stereocenters. The van der Waals surface area contributed by atoms with Crippen LogP contribution in [-0.2, 0) is 19.1 Å². The van der Waals surface area contributed by atoms with Crippen LogP contribution in [0.5, 0.6) is 0 Å². The van der Waals surface area contributed by atoms with Gasteiger partial charge in [0.05, 0.1) is 0 Å². The molecule has 1 atom stereocenters. The highest BCUT2D eigenvalue weighted by molar-refractivity contribution is 5.80. The molecule has 0 saturated carbocycles. The molecule has 0 saturated heterocycles. The maximum Gasteiger partial charge on any atom is 0.322 e. The maximum atomic E-state index is 12.8. The van der Waals surface area contributed by atoms with E-state index in [2.05, 4.69) is 141 Å². The number of carboxylic acids is 1. The van der Waals surface area contributed by atoms with Gasteiger partial charge in [-0.3, -0.25) is 14.4 Å². The monoisotopic (exact) mass is 800 g/mol. The van der Waals surface area contributed by atoms with E-state index in [9.17, 15) is 14.4 Å². The molecule has 0 bridgehead atoms. The Morgan fingerprint density at radius 2 is 0.793 bits per heavy atom. The van der Waals surface area contributed by atoms with Gasteiger partial charge in [-0.2, -0.15) is 0 Å². The van der Waals surface area contributed by atoms with Gasteiger partial charge in [-0.15, -0.1) is 0 Å². The minimum absolute atomic E-state index is 0.0462. The molecule has 2 N–H and O–H groups in total. The first-order chi connectivity index (χ1) is 28.5. The minimum Gasteiger partial charge on any atom is -0.480 e. The number of carboxylic acid groups (broad SMARTS) is 1. The molecule has 0 aliphatic heterocycles. The van der Waals surface area contributed by atoms with Crippen molar-refractivity contribution in [2.24, 2.45) is 0 Å². The number of ether oxygens (including phenoxy) is 1. The second-order valence-corrected chi connectivity index (χ2v) is 14.5. The number of carbonyl (C=O) groups excluding carboxylic acids is 2. The summed E-state index contributed by atoms with van der Waals surface area (Å²) in [6.45, 7) is 3.98. The highest BCUT2D eigenvalue weighted by Gasteiger charge is 2.14. The van der Waals surface area contributed by atoms with Gasteiger partial charge in [-0.1, -0.05) is 155 Å². The molecule has 0 heterocycles. The van der Waals surface area contributed by atoms with Crippen molar-refractivity contribution < 1.29 is 24.2 Å². The zero-order chi connectivity index (χ0) is 42.3. The smallest absolute Gasteiger partial charge is 0.322 e. The Morgan fingerprint density at radius 1 is 0.448 bits per heavy atom. The van der Waals surface area contributed by atoms with E-state index in [1.54, 1.807) is 0 Å². The van der Waals surface area contributed by atoms with Crippen molar-refractivity contribution >= 4 is 17.8 Å². The molecule has 324 valence electrons. The summed E-state index contributed by atoms with van der Waals surface area (Å²) >= 11 is 0. The molecule has 0 aliphatic carbocycles. The molecule has 0 aromatic carbocycles. The Hall–Kier alpha value is -4.19. The van der Waals surface area contributed by atoms with Crippen LogP contribution in [0.4, 0.5) is 0 Å². The van der Waals surface area contributed by atoms with Gasteiger partial charge in [0, 0.05) is 12.8 Å². The SMILES string of the molecule is CC/C=C\C/C=C\C/C=C\C/C=C\C/C=C\C/C=C\CCCCC(=O)OC(CCCC/C=C\C/C=C\C/C=C\C/C=C\CC)CCCCCCCC(=O)NCC(=O)O. The van der Waals surface area contributed by atoms with Gasteiger partial charge in [-0.05, 0) is 128 Å². The number of carbonyl (C=O) groups is 3. The van der Waals surface area contributed by atoms with Crippen LogP contribution in [0.1, 0.15) is 174 Å². The van der Waals surface area contributed by atoms with Crippen molar-refractivity contribution in [2.75, 3.05) is 6.54 Å². The zero-order valence-electron chi connectivity index (χ0n) is 36.6. The molecule has 0 aromatic rings. The van der Waals surface area contributed by atoms with E-state index in [1.807, 2.05) is 0 Å². The lowest BCUT2D eigenvalue weighted by Gasteiger charge is -2.18. The largest absolute Gasteiger partial charge is 0.480 e. The lowest BCUT2D eigenvalue weighted by atomic mass is 10.0. The molecule has 0 aromatic heterocycles. The normalized spacial score (nSPS) is 13.3. The third-order valence-corrected chi connectivity index (χ3v) is 9.13. The van der Waals surface area contributed by atoms with Crippen molar-refractivity contribution in [3.05, 3.63) is 122 Å². The summed E-state index contributed by atoms with van der Waals surface area (Å²) in [6, 6.07) is 0. The average molecular weight is 800 g/mol. The first-order valence-electron chi connectivity index (χ1n) is 22.7. The maximum absolute atomic E-state index is 12.8. The minimum atomic E-state index is -1.03. The van der Waals surface area contributed by atoms with E-state index in [0.29, 0.717) is 12.8 Å². The lowest BCUT2D eigenvalue weighted by molar-refractivity contribution is -0.150. The van der Waals surface area contributed by atoms with Crippen molar-refractivity contribution in [1.82, 2.24) is 5.32 Å². The van der Waals surface area contributed by atoms with E-state index in [0.717, 1.165) is 148 Å². The molecule has 1 amide bonds. The number of nitrogens with one attached hydrogen (secondary N) is 1. The number of amides is 1. The molecular formula is C52H81NO5. The van der Waals surface area contributed by atoms with Crippen LogP contribution in [0, 0.1) is 0 Å². The van der Waals surface area contributed by atoms with Gasteiger partial charge in [0.15, 0.2) is 0 Å². The summed E-state index contributed by atoms with van der Waals surface area (Å²) in [4.78, 5) is 35.1. The summed E-state index contributed by atoms with van der Waals surface area (Å²) in [5, 5.41) is 11.1. The van der Waals surface area contributed by atoms with Gasteiger partial charge in [-0.25, -0.2) is 0 Å². The predicted molar refractivity (Wildman–Crippen MR) is 249 cm³/mol. The van der Waals surface area contributed by atoms with Gasteiger partial charge in [0.1, 0.15) is 12.6 Å². The van der Waals surface area contributed by atoms with Crippen LogP contribution >= 0.6 is 0 Å². The summed E-state index contributed by atoms with van der Waals surface area (Å²) in [7, 11) is 0. The first kappa shape index (κ1) is 53.8.